The molecule has 1 N–H and O–H groups in total. The third-order valence-corrected chi connectivity index (χ3v) is 4.41. The molecule has 7 heteroatoms. The molecular formula is C21H16N4O3. The highest BCUT2D eigenvalue weighted by Gasteiger charge is 2.34. The van der Waals surface area contributed by atoms with Gasteiger partial charge in [-0.2, -0.15) is 0 Å². The summed E-state index contributed by atoms with van der Waals surface area (Å²) in [6.07, 6.45) is 3.04. The average molecular weight is 372 g/mol. The van der Waals surface area contributed by atoms with Crippen LogP contribution in [0.15, 0.2) is 67.0 Å². The Bertz CT molecular complexity index is 1010. The molecule has 2 aromatic carbocycles. The fourth-order valence-corrected chi connectivity index (χ4v) is 3.01. The molecule has 2 heterocycles. The predicted molar refractivity (Wildman–Crippen MR) is 103 cm³/mol. The van der Waals surface area contributed by atoms with E-state index in [-0.39, 0.29) is 30.7 Å². The number of nitrogens with zero attached hydrogens (tertiary/aromatic N) is 3. The van der Waals surface area contributed by atoms with E-state index in [0.29, 0.717) is 22.6 Å². The molecule has 28 heavy (non-hydrogen) atoms. The van der Waals surface area contributed by atoms with Crippen LogP contribution in [0.25, 0.3) is 11.4 Å². The Hall–Kier alpha value is -3.87. The molecule has 1 aliphatic heterocycles. The Kier molecular flexibility index (Phi) is 4.63. The third-order valence-electron chi connectivity index (χ3n) is 4.41. The van der Waals surface area contributed by atoms with Crippen molar-refractivity contribution < 1.29 is 14.4 Å². The summed E-state index contributed by atoms with van der Waals surface area (Å²) >= 11 is 0. The molecule has 0 saturated carbocycles. The monoisotopic (exact) mass is 372 g/mol. The van der Waals surface area contributed by atoms with Crippen LogP contribution in [0.3, 0.4) is 0 Å². The van der Waals surface area contributed by atoms with Gasteiger partial charge in [0.1, 0.15) is 0 Å². The van der Waals surface area contributed by atoms with E-state index in [0.717, 1.165) is 10.5 Å². The van der Waals surface area contributed by atoms with E-state index >= 15 is 0 Å². The van der Waals surface area contributed by atoms with Crippen molar-refractivity contribution in [2.24, 2.45) is 0 Å². The Morgan fingerprint density at radius 3 is 2.04 bits per heavy atom. The lowest BCUT2D eigenvalue weighted by molar-refractivity contribution is -0.116. The molecule has 0 unspecified atom stereocenters. The number of nitrogens with one attached hydrogen (secondary N) is 1. The van der Waals surface area contributed by atoms with Gasteiger partial charge in [0.2, 0.25) is 5.91 Å². The summed E-state index contributed by atoms with van der Waals surface area (Å²) in [4.78, 5) is 46.4. The molecule has 0 fully saturated rings. The second-order valence-electron chi connectivity index (χ2n) is 6.27. The number of hydrogen-bond acceptors (Lipinski definition) is 5. The van der Waals surface area contributed by atoms with E-state index in [4.69, 9.17) is 0 Å². The van der Waals surface area contributed by atoms with Crippen LogP contribution in [-0.4, -0.2) is 39.1 Å². The van der Waals surface area contributed by atoms with Gasteiger partial charge < -0.3 is 5.32 Å². The first-order valence-electron chi connectivity index (χ1n) is 8.76. The minimum absolute atomic E-state index is 0.00803. The van der Waals surface area contributed by atoms with E-state index in [2.05, 4.69) is 15.3 Å². The highest BCUT2D eigenvalue weighted by molar-refractivity contribution is 6.21. The van der Waals surface area contributed by atoms with E-state index in [1.54, 1.807) is 24.3 Å². The summed E-state index contributed by atoms with van der Waals surface area (Å²) in [7, 11) is 0. The molecule has 1 aliphatic rings. The quantitative estimate of drug-likeness (QED) is 0.695. The SMILES string of the molecule is O=C(CCN1C(=O)c2ccccc2C1=O)Nc1cnc(-c2ccccc2)nc1. The summed E-state index contributed by atoms with van der Waals surface area (Å²) in [5.41, 5.74) is 2.08. The van der Waals surface area contributed by atoms with E-state index in [9.17, 15) is 14.4 Å². The number of anilines is 1. The summed E-state index contributed by atoms with van der Waals surface area (Å²) in [5, 5.41) is 2.68. The molecule has 138 valence electrons. The number of fused-ring (bicyclic) bond motifs is 1. The third kappa shape index (κ3) is 3.37. The first-order valence-corrected chi connectivity index (χ1v) is 8.76. The number of rotatable bonds is 5. The fourth-order valence-electron chi connectivity index (χ4n) is 3.01. The van der Waals surface area contributed by atoms with Crippen LogP contribution in [0.1, 0.15) is 27.1 Å². The van der Waals surface area contributed by atoms with Gasteiger partial charge in [0, 0.05) is 18.5 Å². The van der Waals surface area contributed by atoms with Crippen LogP contribution in [0.5, 0.6) is 0 Å². The summed E-state index contributed by atoms with van der Waals surface area (Å²) in [5.74, 6) is -0.509. The first kappa shape index (κ1) is 17.5. The van der Waals surface area contributed by atoms with E-state index in [1.807, 2.05) is 30.3 Å². The number of carbonyl (C=O) groups is 3. The first-order chi connectivity index (χ1) is 13.6. The summed E-state index contributed by atoms with van der Waals surface area (Å²) in [6, 6.07) is 16.1. The molecule has 4 rings (SSSR count). The molecular weight excluding hydrogens is 356 g/mol. The number of imide groups is 1. The summed E-state index contributed by atoms with van der Waals surface area (Å²) in [6.45, 7) is 0.0150. The van der Waals surface area contributed by atoms with Gasteiger partial charge in [-0.3, -0.25) is 19.3 Å². The molecule has 3 amide bonds. The number of carbonyl (C=O) groups excluding carboxylic acids is 3. The van der Waals surface area contributed by atoms with Crippen LogP contribution < -0.4 is 5.32 Å². The van der Waals surface area contributed by atoms with Gasteiger partial charge in [0.25, 0.3) is 11.8 Å². The predicted octanol–water partition coefficient (Wildman–Crippen LogP) is 2.77. The maximum absolute atomic E-state index is 12.3. The second-order valence-corrected chi connectivity index (χ2v) is 6.27. The van der Waals surface area contributed by atoms with Gasteiger partial charge in [-0.25, -0.2) is 9.97 Å². The fraction of sp³-hybridized carbons (Fsp3) is 0.0952. The average Bonchev–Trinajstić information content (AvgIpc) is 2.98. The molecule has 0 radical (unpaired) electrons. The van der Waals surface area contributed by atoms with Gasteiger partial charge in [-0.1, -0.05) is 42.5 Å². The lowest BCUT2D eigenvalue weighted by atomic mass is 10.1. The van der Waals surface area contributed by atoms with Crippen LogP contribution in [0.2, 0.25) is 0 Å². The Morgan fingerprint density at radius 1 is 0.857 bits per heavy atom. The standard InChI is InChI=1S/C21H16N4O3/c26-18(10-11-25-20(27)16-8-4-5-9-17(16)21(25)28)24-15-12-22-19(23-13-15)14-6-2-1-3-7-14/h1-9,12-13H,10-11H2,(H,24,26). The van der Waals surface area contributed by atoms with Gasteiger partial charge in [-0.05, 0) is 12.1 Å². The number of hydrogen-bond donors (Lipinski definition) is 1. The molecule has 0 spiro atoms. The molecule has 7 nitrogen and oxygen atoms in total. The zero-order valence-corrected chi connectivity index (χ0v) is 14.8. The maximum atomic E-state index is 12.3. The van der Waals surface area contributed by atoms with Crippen molar-refractivity contribution in [3.8, 4) is 11.4 Å². The van der Waals surface area contributed by atoms with Crippen molar-refractivity contribution in [1.82, 2.24) is 14.9 Å². The van der Waals surface area contributed by atoms with Crippen LogP contribution in [-0.2, 0) is 4.79 Å². The lowest BCUT2D eigenvalue weighted by Crippen LogP contribution is -2.32. The molecule has 0 aliphatic carbocycles. The zero-order valence-electron chi connectivity index (χ0n) is 14.8. The Labute approximate surface area is 161 Å². The Morgan fingerprint density at radius 2 is 1.43 bits per heavy atom. The Balaban J connectivity index is 1.35. The summed E-state index contributed by atoms with van der Waals surface area (Å²) < 4.78 is 0. The molecule has 1 aromatic heterocycles. The highest BCUT2D eigenvalue weighted by Crippen LogP contribution is 2.22. The van der Waals surface area contributed by atoms with Crippen molar-refractivity contribution in [2.75, 3.05) is 11.9 Å². The van der Waals surface area contributed by atoms with Gasteiger partial charge in [0.05, 0.1) is 29.2 Å². The molecule has 0 bridgehead atoms. The molecule has 0 atom stereocenters. The number of benzene rings is 2. The number of amides is 3. The number of aromatic nitrogens is 2. The highest BCUT2D eigenvalue weighted by atomic mass is 16.2. The van der Waals surface area contributed by atoms with Crippen molar-refractivity contribution in [3.63, 3.8) is 0 Å². The van der Waals surface area contributed by atoms with Gasteiger partial charge in [-0.15, -0.1) is 0 Å². The molecule has 3 aromatic rings. The van der Waals surface area contributed by atoms with Crippen molar-refractivity contribution in [2.45, 2.75) is 6.42 Å². The maximum Gasteiger partial charge on any atom is 0.261 e. The van der Waals surface area contributed by atoms with Crippen molar-refractivity contribution in [1.29, 1.82) is 0 Å². The van der Waals surface area contributed by atoms with Crippen molar-refractivity contribution in [3.05, 3.63) is 78.1 Å². The second kappa shape index (κ2) is 7.40. The minimum atomic E-state index is -0.371. The normalized spacial score (nSPS) is 12.8. The van der Waals surface area contributed by atoms with E-state index < -0.39 is 0 Å². The van der Waals surface area contributed by atoms with Crippen LogP contribution in [0.4, 0.5) is 5.69 Å². The van der Waals surface area contributed by atoms with Crippen LogP contribution in [0, 0.1) is 0 Å². The lowest BCUT2D eigenvalue weighted by Gasteiger charge is -2.13. The minimum Gasteiger partial charge on any atom is -0.323 e. The smallest absolute Gasteiger partial charge is 0.261 e. The van der Waals surface area contributed by atoms with Crippen LogP contribution >= 0.6 is 0 Å². The van der Waals surface area contributed by atoms with Crippen molar-refractivity contribution >= 4 is 23.4 Å². The topological polar surface area (TPSA) is 92.3 Å². The zero-order chi connectivity index (χ0) is 19.5. The largest absolute Gasteiger partial charge is 0.323 e. The molecule has 0 saturated heterocycles. The van der Waals surface area contributed by atoms with E-state index in [1.165, 1.54) is 12.4 Å². The van der Waals surface area contributed by atoms with Gasteiger partial charge >= 0.3 is 0 Å². The van der Waals surface area contributed by atoms with Gasteiger partial charge in [0.15, 0.2) is 5.82 Å².